The predicted octanol–water partition coefficient (Wildman–Crippen LogP) is 2.53. The van der Waals surface area contributed by atoms with Crippen LogP contribution in [-0.4, -0.2) is 17.6 Å². The molecule has 1 atom stereocenters. The lowest BCUT2D eigenvalue weighted by Gasteiger charge is -2.19. The lowest BCUT2D eigenvalue weighted by atomic mass is 10.0. The van der Waals surface area contributed by atoms with Crippen LogP contribution in [0.2, 0.25) is 5.15 Å². The van der Waals surface area contributed by atoms with Gasteiger partial charge in [-0.2, -0.15) is 5.26 Å². The van der Waals surface area contributed by atoms with Crippen LogP contribution >= 0.6 is 11.6 Å². The van der Waals surface area contributed by atoms with E-state index in [0.29, 0.717) is 12.5 Å². The summed E-state index contributed by atoms with van der Waals surface area (Å²) in [6.45, 7) is 4.48. The summed E-state index contributed by atoms with van der Waals surface area (Å²) in [5, 5.41) is 11.6. The zero-order valence-electron chi connectivity index (χ0n) is 10.4. The van der Waals surface area contributed by atoms with Gasteiger partial charge in [-0.15, -0.1) is 0 Å². The largest absolute Gasteiger partial charge is 0.364 e. The van der Waals surface area contributed by atoms with Gasteiger partial charge in [-0.1, -0.05) is 25.4 Å². The van der Waals surface area contributed by atoms with E-state index >= 15 is 0 Å². The molecule has 0 saturated carbocycles. The van der Waals surface area contributed by atoms with Gasteiger partial charge in [0.1, 0.15) is 11.2 Å². The van der Waals surface area contributed by atoms with Gasteiger partial charge in [0.2, 0.25) is 0 Å². The number of halogens is 2. The first-order valence-electron chi connectivity index (χ1n) is 5.70. The summed E-state index contributed by atoms with van der Waals surface area (Å²) in [5.74, 6) is -0.128. The fraction of sp³-hybridized carbons (Fsp3) is 0.500. The molecule has 98 valence electrons. The Morgan fingerprint density at radius 3 is 2.78 bits per heavy atom. The van der Waals surface area contributed by atoms with Crippen LogP contribution in [0.25, 0.3) is 0 Å². The van der Waals surface area contributed by atoms with Crippen LogP contribution in [0.15, 0.2) is 6.07 Å². The van der Waals surface area contributed by atoms with Gasteiger partial charge in [0.25, 0.3) is 0 Å². The van der Waals surface area contributed by atoms with Crippen LogP contribution in [0, 0.1) is 23.1 Å². The highest BCUT2D eigenvalue weighted by Crippen LogP contribution is 2.21. The van der Waals surface area contributed by atoms with Crippen LogP contribution in [0.4, 0.5) is 10.2 Å². The minimum Gasteiger partial charge on any atom is -0.364 e. The SMILES string of the molecule is CC(C)C[C@H](CN)Nc1nc(Cl)c(C#N)cc1F. The summed E-state index contributed by atoms with van der Waals surface area (Å²) in [7, 11) is 0. The molecule has 0 aliphatic rings. The second-order valence-electron chi connectivity index (χ2n) is 4.48. The van der Waals surface area contributed by atoms with Crippen molar-refractivity contribution >= 4 is 17.4 Å². The highest BCUT2D eigenvalue weighted by atomic mass is 35.5. The van der Waals surface area contributed by atoms with E-state index in [1.165, 1.54) is 0 Å². The van der Waals surface area contributed by atoms with Crippen LogP contribution < -0.4 is 11.1 Å². The Hall–Kier alpha value is -1.38. The topological polar surface area (TPSA) is 74.7 Å². The number of hydrogen-bond acceptors (Lipinski definition) is 4. The average molecular weight is 271 g/mol. The van der Waals surface area contributed by atoms with Gasteiger partial charge in [0.05, 0.1) is 5.56 Å². The fourth-order valence-electron chi connectivity index (χ4n) is 1.62. The van der Waals surface area contributed by atoms with Crippen molar-refractivity contribution in [1.82, 2.24) is 4.98 Å². The van der Waals surface area contributed by atoms with Crippen molar-refractivity contribution in [2.75, 3.05) is 11.9 Å². The van der Waals surface area contributed by atoms with Gasteiger partial charge in [0.15, 0.2) is 11.6 Å². The maximum Gasteiger partial charge on any atom is 0.166 e. The molecule has 4 nitrogen and oxygen atoms in total. The molecule has 1 rings (SSSR count). The molecule has 0 aliphatic heterocycles. The third-order valence-electron chi connectivity index (χ3n) is 2.43. The molecule has 3 N–H and O–H groups in total. The van der Waals surface area contributed by atoms with Crippen molar-refractivity contribution in [3.05, 3.63) is 22.6 Å². The number of nitrogens with two attached hydrogens (primary N) is 1. The second-order valence-corrected chi connectivity index (χ2v) is 4.83. The molecule has 0 aliphatic carbocycles. The minimum absolute atomic E-state index is 0.0123. The Bertz CT molecular complexity index is 456. The maximum absolute atomic E-state index is 13.7. The molecule has 0 amide bonds. The molecule has 1 heterocycles. The number of rotatable bonds is 5. The van der Waals surface area contributed by atoms with E-state index in [-0.39, 0.29) is 22.6 Å². The van der Waals surface area contributed by atoms with Crippen molar-refractivity contribution in [2.24, 2.45) is 11.7 Å². The Balaban J connectivity index is 2.90. The van der Waals surface area contributed by atoms with E-state index in [2.05, 4.69) is 24.1 Å². The van der Waals surface area contributed by atoms with Gasteiger partial charge in [-0.05, 0) is 18.4 Å². The third kappa shape index (κ3) is 3.83. The first kappa shape index (κ1) is 14.7. The number of hydrogen-bond donors (Lipinski definition) is 2. The van der Waals surface area contributed by atoms with E-state index in [1.54, 1.807) is 6.07 Å². The number of nitrogens with zero attached hydrogens (tertiary/aromatic N) is 2. The molecule has 0 fully saturated rings. The molecule has 0 aromatic carbocycles. The normalized spacial score (nSPS) is 12.3. The van der Waals surface area contributed by atoms with Crippen LogP contribution in [0.5, 0.6) is 0 Å². The quantitative estimate of drug-likeness (QED) is 0.806. The number of pyridine rings is 1. The minimum atomic E-state index is -0.599. The molecule has 1 aromatic rings. The highest BCUT2D eigenvalue weighted by molar-refractivity contribution is 6.30. The van der Waals surface area contributed by atoms with Gasteiger partial charge < -0.3 is 11.1 Å². The van der Waals surface area contributed by atoms with E-state index in [1.807, 2.05) is 0 Å². The van der Waals surface area contributed by atoms with Crippen LogP contribution in [0.1, 0.15) is 25.8 Å². The highest BCUT2D eigenvalue weighted by Gasteiger charge is 2.15. The second kappa shape index (κ2) is 6.53. The molecular weight excluding hydrogens is 255 g/mol. The lowest BCUT2D eigenvalue weighted by molar-refractivity contribution is 0.516. The van der Waals surface area contributed by atoms with Gasteiger partial charge in [0, 0.05) is 12.6 Å². The van der Waals surface area contributed by atoms with Crippen molar-refractivity contribution in [1.29, 1.82) is 5.26 Å². The smallest absolute Gasteiger partial charge is 0.166 e. The molecule has 1 aromatic heterocycles. The maximum atomic E-state index is 13.7. The van der Waals surface area contributed by atoms with Gasteiger partial charge >= 0.3 is 0 Å². The Kier molecular flexibility index (Phi) is 5.32. The summed E-state index contributed by atoms with van der Waals surface area (Å²) < 4.78 is 13.7. The van der Waals surface area contributed by atoms with E-state index in [9.17, 15) is 4.39 Å². The molecule has 18 heavy (non-hydrogen) atoms. The van der Waals surface area contributed by atoms with Crippen molar-refractivity contribution in [2.45, 2.75) is 26.3 Å². The Morgan fingerprint density at radius 1 is 1.61 bits per heavy atom. The van der Waals surface area contributed by atoms with Crippen LogP contribution in [0.3, 0.4) is 0 Å². The predicted molar refractivity (Wildman–Crippen MR) is 69.8 cm³/mol. The number of nitriles is 1. The van der Waals surface area contributed by atoms with Crippen molar-refractivity contribution in [3.8, 4) is 6.07 Å². The summed E-state index contributed by atoms with van der Waals surface area (Å²) in [5.41, 5.74) is 5.64. The monoisotopic (exact) mass is 270 g/mol. The van der Waals surface area contributed by atoms with Crippen molar-refractivity contribution < 1.29 is 4.39 Å². The molecular formula is C12H16ClFN4. The number of nitrogens with one attached hydrogen (secondary N) is 1. The summed E-state index contributed by atoms with van der Waals surface area (Å²) >= 11 is 5.76. The fourth-order valence-corrected chi connectivity index (χ4v) is 1.80. The Labute approximate surface area is 111 Å². The Morgan fingerprint density at radius 2 is 2.28 bits per heavy atom. The summed E-state index contributed by atoms with van der Waals surface area (Å²) in [4.78, 5) is 3.84. The van der Waals surface area contributed by atoms with Gasteiger partial charge in [-0.25, -0.2) is 9.37 Å². The number of aromatic nitrogens is 1. The molecule has 0 unspecified atom stereocenters. The zero-order valence-corrected chi connectivity index (χ0v) is 11.1. The third-order valence-corrected chi connectivity index (χ3v) is 2.72. The van der Waals surface area contributed by atoms with E-state index in [4.69, 9.17) is 22.6 Å². The summed E-state index contributed by atoms with van der Waals surface area (Å²) in [6, 6.07) is 2.77. The first-order chi connectivity index (χ1) is 8.47. The molecule has 0 spiro atoms. The molecule has 0 saturated heterocycles. The average Bonchev–Trinajstić information content (AvgIpc) is 2.31. The van der Waals surface area contributed by atoms with E-state index in [0.717, 1.165) is 12.5 Å². The van der Waals surface area contributed by atoms with Crippen molar-refractivity contribution in [3.63, 3.8) is 0 Å². The zero-order chi connectivity index (χ0) is 13.7. The molecule has 0 radical (unpaired) electrons. The lowest BCUT2D eigenvalue weighted by Crippen LogP contribution is -2.31. The standard InChI is InChI=1S/C12H16ClFN4/c1-7(2)3-9(6-16)17-12-10(14)4-8(5-15)11(13)18-12/h4,7,9H,3,6,16H2,1-2H3,(H,17,18)/t9-/m1/s1. The summed E-state index contributed by atoms with van der Waals surface area (Å²) in [6.07, 6.45) is 0.801. The first-order valence-corrected chi connectivity index (χ1v) is 6.08. The van der Waals surface area contributed by atoms with Crippen LogP contribution in [-0.2, 0) is 0 Å². The molecule has 0 bridgehead atoms. The molecule has 6 heteroatoms. The van der Waals surface area contributed by atoms with E-state index < -0.39 is 5.82 Å². The number of anilines is 1. The van der Waals surface area contributed by atoms with Gasteiger partial charge in [-0.3, -0.25) is 0 Å².